The van der Waals surface area contributed by atoms with Crippen molar-refractivity contribution in [2.75, 3.05) is 11.9 Å². The summed E-state index contributed by atoms with van der Waals surface area (Å²) in [6, 6.07) is 7.37. The largest absolute Gasteiger partial charge is 0.546 e. The number of benzene rings is 1. The summed E-state index contributed by atoms with van der Waals surface area (Å²) in [5.74, 6) is 0.645. The maximum Gasteiger partial charge on any atom is 0.258 e. The Morgan fingerprint density at radius 1 is 1.00 bits per heavy atom. The number of rotatable bonds is 7. The molecule has 0 unspecified atom stereocenters. The van der Waals surface area contributed by atoms with Gasteiger partial charge in [-0.05, 0) is 42.6 Å². The minimum Gasteiger partial charge on any atom is -0.546 e. The third-order valence-electron chi connectivity index (χ3n) is 5.40. The molecule has 0 atom stereocenters. The van der Waals surface area contributed by atoms with E-state index >= 15 is 0 Å². The van der Waals surface area contributed by atoms with E-state index in [2.05, 4.69) is 41.5 Å². The molecule has 0 aliphatic carbocycles. The maximum atomic E-state index is 13.0. The topological polar surface area (TPSA) is 29.5 Å². The van der Waals surface area contributed by atoms with Crippen LogP contribution in [0.3, 0.4) is 0 Å². The molecule has 0 saturated heterocycles. The van der Waals surface area contributed by atoms with Crippen LogP contribution in [0.25, 0.3) is 0 Å². The first kappa shape index (κ1) is 22.8. The number of para-hydroxylation sites is 1. The molecule has 0 N–H and O–H groups in total. The normalized spacial score (nSPS) is 13.3. The third-order valence-corrected chi connectivity index (χ3v) is 11.8. The van der Waals surface area contributed by atoms with Crippen LogP contribution in [0, 0.1) is 0 Å². The van der Waals surface area contributed by atoms with Gasteiger partial charge < -0.3 is 9.33 Å². The van der Waals surface area contributed by atoms with Crippen molar-refractivity contribution in [2.24, 2.45) is 0 Å². The number of allylic oxidation sites excluding steroid dienone is 1. The highest BCUT2D eigenvalue weighted by molar-refractivity contribution is 6.77. The number of carbonyl (C=O) groups excluding carboxylic acids is 1. The van der Waals surface area contributed by atoms with Crippen LogP contribution in [0.1, 0.15) is 55.4 Å². The number of likely N-dealkylation sites (N-methyl/N-ethyl adjacent to an activating group) is 1. The van der Waals surface area contributed by atoms with Crippen LogP contribution in [-0.2, 0) is 9.22 Å². The van der Waals surface area contributed by atoms with Crippen molar-refractivity contribution in [3.63, 3.8) is 0 Å². The highest BCUT2D eigenvalue weighted by Crippen LogP contribution is 2.43. The number of amides is 1. The molecule has 0 aromatic heterocycles. The SMILES string of the molecule is C/C(O[Si](C(C)C)(C(C)C)C(C)C)=C(/C)C(=O)N(C)c1ccccc1Cl. The number of anilines is 1. The molecule has 1 rings (SSSR count). The van der Waals surface area contributed by atoms with Crippen LogP contribution in [-0.4, -0.2) is 21.3 Å². The first-order chi connectivity index (χ1) is 12.0. The molecule has 0 aliphatic heterocycles. The minimum atomic E-state index is -2.08. The summed E-state index contributed by atoms with van der Waals surface area (Å²) < 4.78 is 6.66. The van der Waals surface area contributed by atoms with Gasteiger partial charge in [-0.3, -0.25) is 4.79 Å². The summed E-state index contributed by atoms with van der Waals surface area (Å²) in [6.07, 6.45) is 0. The van der Waals surface area contributed by atoms with Crippen molar-refractivity contribution in [1.29, 1.82) is 0 Å². The van der Waals surface area contributed by atoms with Gasteiger partial charge in [0.1, 0.15) is 0 Å². The van der Waals surface area contributed by atoms with Crippen LogP contribution in [0.4, 0.5) is 5.69 Å². The Balaban J connectivity index is 3.22. The monoisotopic (exact) mass is 395 g/mol. The predicted molar refractivity (Wildman–Crippen MR) is 115 cm³/mol. The lowest BCUT2D eigenvalue weighted by atomic mass is 10.2. The Morgan fingerprint density at radius 2 is 1.46 bits per heavy atom. The molecule has 5 heteroatoms. The predicted octanol–water partition coefficient (Wildman–Crippen LogP) is 6.79. The summed E-state index contributed by atoms with van der Waals surface area (Å²) in [4.78, 5) is 14.6. The molecule has 146 valence electrons. The number of nitrogens with zero attached hydrogens (tertiary/aromatic N) is 1. The highest BCUT2D eigenvalue weighted by atomic mass is 35.5. The molecular weight excluding hydrogens is 362 g/mol. The maximum absolute atomic E-state index is 13.0. The molecule has 26 heavy (non-hydrogen) atoms. The van der Waals surface area contributed by atoms with Gasteiger partial charge in [0, 0.05) is 7.05 Å². The average Bonchev–Trinajstić information content (AvgIpc) is 2.56. The Bertz CT molecular complexity index is 646. The summed E-state index contributed by atoms with van der Waals surface area (Å²) >= 11 is 6.24. The van der Waals surface area contributed by atoms with Crippen molar-refractivity contribution in [1.82, 2.24) is 0 Å². The molecule has 1 amide bonds. The van der Waals surface area contributed by atoms with E-state index in [9.17, 15) is 4.79 Å². The molecule has 3 nitrogen and oxygen atoms in total. The van der Waals surface area contributed by atoms with Gasteiger partial charge in [0.05, 0.1) is 22.0 Å². The van der Waals surface area contributed by atoms with Crippen molar-refractivity contribution in [3.8, 4) is 0 Å². The molecule has 1 aromatic carbocycles. The van der Waals surface area contributed by atoms with Gasteiger partial charge >= 0.3 is 0 Å². The van der Waals surface area contributed by atoms with Gasteiger partial charge in [-0.2, -0.15) is 0 Å². The quantitative estimate of drug-likeness (QED) is 0.289. The lowest BCUT2D eigenvalue weighted by Crippen LogP contribution is -2.47. The molecule has 0 spiro atoms. The second-order valence-electron chi connectivity index (χ2n) is 7.92. The van der Waals surface area contributed by atoms with E-state index in [1.54, 1.807) is 18.0 Å². The second-order valence-corrected chi connectivity index (χ2v) is 13.7. The molecule has 0 aliphatic rings. The minimum absolute atomic E-state index is 0.0882. The molecule has 0 saturated carbocycles. The van der Waals surface area contributed by atoms with Gasteiger partial charge in [0.25, 0.3) is 14.2 Å². The standard InChI is InChI=1S/C21H34ClNO2Si/c1-14(2)26(15(3)4,16(5)6)25-18(8)17(7)21(24)23(9)20-13-11-10-12-19(20)22/h10-16H,1-9H3/b18-17+. The van der Waals surface area contributed by atoms with Crippen LogP contribution in [0.15, 0.2) is 35.6 Å². The van der Waals surface area contributed by atoms with Crippen LogP contribution >= 0.6 is 11.6 Å². The number of hydrogen-bond acceptors (Lipinski definition) is 2. The van der Waals surface area contributed by atoms with E-state index in [1.165, 1.54) is 0 Å². The Kier molecular flexibility index (Phi) is 7.97. The van der Waals surface area contributed by atoms with Gasteiger partial charge in [0.15, 0.2) is 0 Å². The van der Waals surface area contributed by atoms with Crippen molar-refractivity contribution in [2.45, 2.75) is 72.0 Å². The number of carbonyl (C=O) groups is 1. The Morgan fingerprint density at radius 3 is 1.88 bits per heavy atom. The average molecular weight is 396 g/mol. The molecular formula is C21H34ClNO2Si. The van der Waals surface area contributed by atoms with E-state index in [-0.39, 0.29) is 5.91 Å². The van der Waals surface area contributed by atoms with Crippen LogP contribution in [0.2, 0.25) is 21.6 Å². The molecule has 0 heterocycles. The summed E-state index contributed by atoms with van der Waals surface area (Å²) in [7, 11) is -0.331. The van der Waals surface area contributed by atoms with Gasteiger partial charge in [-0.25, -0.2) is 0 Å². The lowest BCUT2D eigenvalue weighted by molar-refractivity contribution is -0.115. The highest BCUT2D eigenvalue weighted by Gasteiger charge is 2.47. The fraction of sp³-hybridized carbons (Fsp3) is 0.571. The summed E-state index contributed by atoms with van der Waals surface area (Å²) in [5.41, 5.74) is 2.71. The smallest absolute Gasteiger partial charge is 0.258 e. The summed E-state index contributed by atoms with van der Waals surface area (Å²) in [6.45, 7) is 17.2. The van der Waals surface area contributed by atoms with Crippen molar-refractivity contribution < 1.29 is 9.22 Å². The summed E-state index contributed by atoms with van der Waals surface area (Å²) in [5, 5.41) is 0.560. The first-order valence-electron chi connectivity index (χ1n) is 9.35. The Hall–Kier alpha value is -1.26. The number of hydrogen-bond donors (Lipinski definition) is 0. The zero-order valence-corrected chi connectivity index (χ0v) is 19.4. The molecule has 0 fully saturated rings. The third kappa shape index (κ3) is 4.52. The van der Waals surface area contributed by atoms with Gasteiger partial charge in [-0.15, -0.1) is 0 Å². The molecule has 1 aromatic rings. The van der Waals surface area contributed by atoms with Gasteiger partial charge in [0.2, 0.25) is 0 Å². The molecule has 0 bridgehead atoms. The molecule has 0 radical (unpaired) electrons. The first-order valence-corrected chi connectivity index (χ1v) is 11.9. The van der Waals surface area contributed by atoms with E-state index in [0.717, 1.165) is 5.76 Å². The van der Waals surface area contributed by atoms with Crippen molar-refractivity contribution in [3.05, 3.63) is 40.6 Å². The number of halogens is 1. The second kappa shape index (κ2) is 9.09. The van der Waals surface area contributed by atoms with E-state index in [0.29, 0.717) is 32.9 Å². The van der Waals surface area contributed by atoms with Crippen LogP contribution in [0.5, 0.6) is 0 Å². The zero-order chi connectivity index (χ0) is 20.2. The van der Waals surface area contributed by atoms with E-state index < -0.39 is 8.32 Å². The van der Waals surface area contributed by atoms with E-state index in [1.807, 2.05) is 32.0 Å². The zero-order valence-electron chi connectivity index (χ0n) is 17.7. The van der Waals surface area contributed by atoms with Crippen molar-refractivity contribution >= 4 is 31.5 Å². The fourth-order valence-corrected chi connectivity index (χ4v) is 9.58. The van der Waals surface area contributed by atoms with Gasteiger partial charge in [-0.1, -0.05) is 65.3 Å². The Labute approximate surface area is 165 Å². The lowest BCUT2D eigenvalue weighted by Gasteiger charge is -2.42. The van der Waals surface area contributed by atoms with Crippen LogP contribution < -0.4 is 4.90 Å². The fourth-order valence-electron chi connectivity index (χ4n) is 3.93. The van der Waals surface area contributed by atoms with E-state index in [4.69, 9.17) is 16.0 Å².